The van der Waals surface area contributed by atoms with E-state index in [4.69, 9.17) is 0 Å². The lowest BCUT2D eigenvalue weighted by Gasteiger charge is -2.06. The van der Waals surface area contributed by atoms with Gasteiger partial charge in [0.1, 0.15) is 6.54 Å². The molecule has 1 aliphatic heterocycles. The van der Waals surface area contributed by atoms with Crippen molar-refractivity contribution in [1.82, 2.24) is 0 Å². The number of hydrogen-bond donors (Lipinski definition) is 0. The van der Waals surface area contributed by atoms with Crippen LogP contribution in [0.5, 0.6) is 0 Å². The van der Waals surface area contributed by atoms with E-state index in [1.165, 1.54) is 12.1 Å². The zero-order valence-electron chi connectivity index (χ0n) is 7.51. The number of carbonyl (C=O) groups is 1. The van der Waals surface area contributed by atoms with Gasteiger partial charge >= 0.3 is 6.18 Å². The summed E-state index contributed by atoms with van der Waals surface area (Å²) < 4.78 is 36.9. The Bertz CT molecular complexity index is 531. The van der Waals surface area contributed by atoms with E-state index >= 15 is 0 Å². The Balaban J connectivity index is 2.63. The van der Waals surface area contributed by atoms with Crippen LogP contribution in [-0.4, -0.2) is 12.3 Å². The first kappa shape index (κ1) is 9.89. The third kappa shape index (κ3) is 1.91. The summed E-state index contributed by atoms with van der Waals surface area (Å²) in [6, 6.07) is 3.17. The predicted molar refractivity (Wildman–Crippen MR) is 46.6 cm³/mol. The van der Waals surface area contributed by atoms with Crippen LogP contribution >= 0.6 is 0 Å². The van der Waals surface area contributed by atoms with Gasteiger partial charge in [-0.15, -0.1) is 0 Å². The molecule has 0 fully saturated rings. The zero-order chi connectivity index (χ0) is 11.1. The molecule has 0 amide bonds. The maximum atomic E-state index is 12.3. The van der Waals surface area contributed by atoms with Gasteiger partial charge in [0.25, 0.3) is 0 Å². The molecule has 0 radical (unpaired) electrons. The lowest BCUT2D eigenvalue weighted by molar-refractivity contribution is -0.137. The molecule has 5 heteroatoms. The van der Waals surface area contributed by atoms with Gasteiger partial charge in [-0.3, -0.25) is 9.79 Å². The molecule has 0 saturated heterocycles. The Morgan fingerprint density at radius 3 is 2.67 bits per heavy atom. The maximum Gasteiger partial charge on any atom is 0.416 e. The van der Waals surface area contributed by atoms with Crippen molar-refractivity contribution >= 4 is 11.9 Å². The molecule has 78 valence electrons. The summed E-state index contributed by atoms with van der Waals surface area (Å²) in [7, 11) is 0. The molecule has 0 bridgehead atoms. The quantitative estimate of drug-likeness (QED) is 0.623. The van der Waals surface area contributed by atoms with Crippen LogP contribution < -0.4 is 10.6 Å². The van der Waals surface area contributed by atoms with Crippen LogP contribution in [0.25, 0.3) is 6.08 Å². The highest BCUT2D eigenvalue weighted by molar-refractivity contribution is 6.07. The van der Waals surface area contributed by atoms with Gasteiger partial charge in [0, 0.05) is 5.22 Å². The van der Waals surface area contributed by atoms with Gasteiger partial charge in [-0.05, 0) is 18.2 Å². The second kappa shape index (κ2) is 3.18. The smallest absolute Gasteiger partial charge is 0.293 e. The molecule has 0 atom stereocenters. The molecule has 2 nitrogen and oxygen atoms in total. The number of rotatable bonds is 0. The van der Waals surface area contributed by atoms with Gasteiger partial charge in [0.2, 0.25) is 0 Å². The van der Waals surface area contributed by atoms with E-state index in [1.807, 2.05) is 0 Å². The second-order valence-corrected chi connectivity index (χ2v) is 3.20. The van der Waals surface area contributed by atoms with Gasteiger partial charge in [-0.1, -0.05) is 6.07 Å². The lowest BCUT2D eigenvalue weighted by atomic mass is 10.1. The highest BCUT2D eigenvalue weighted by Crippen LogP contribution is 2.27. The number of fused-ring (bicyclic) bond motifs is 1. The number of hydrogen-bond acceptors (Lipinski definition) is 2. The van der Waals surface area contributed by atoms with Crippen molar-refractivity contribution in [1.29, 1.82) is 0 Å². The van der Waals surface area contributed by atoms with E-state index < -0.39 is 11.7 Å². The van der Waals surface area contributed by atoms with Crippen molar-refractivity contribution in [3.63, 3.8) is 0 Å². The highest BCUT2D eigenvalue weighted by atomic mass is 19.4. The van der Waals surface area contributed by atoms with Gasteiger partial charge in [0.15, 0.2) is 5.78 Å². The van der Waals surface area contributed by atoms with Crippen molar-refractivity contribution in [2.45, 2.75) is 6.18 Å². The first-order valence-electron chi connectivity index (χ1n) is 4.23. The van der Waals surface area contributed by atoms with Crippen molar-refractivity contribution in [3.05, 3.63) is 34.3 Å². The van der Waals surface area contributed by atoms with Gasteiger partial charge < -0.3 is 0 Å². The minimum Gasteiger partial charge on any atom is -0.293 e. The third-order valence-corrected chi connectivity index (χ3v) is 2.08. The molecule has 0 unspecified atom stereocenters. The van der Waals surface area contributed by atoms with Crippen LogP contribution in [0.2, 0.25) is 0 Å². The maximum absolute atomic E-state index is 12.3. The van der Waals surface area contributed by atoms with Crippen LogP contribution in [0.15, 0.2) is 23.2 Å². The van der Waals surface area contributed by atoms with Crippen molar-refractivity contribution < 1.29 is 18.0 Å². The number of ketones is 1. The molecule has 2 rings (SSSR count). The Kier molecular flexibility index (Phi) is 2.10. The topological polar surface area (TPSA) is 29.4 Å². The van der Waals surface area contributed by atoms with Crippen molar-refractivity contribution in [2.24, 2.45) is 4.99 Å². The first-order valence-corrected chi connectivity index (χ1v) is 4.23. The second-order valence-electron chi connectivity index (χ2n) is 3.20. The molecular weight excluding hydrogens is 207 g/mol. The fourth-order valence-electron chi connectivity index (χ4n) is 1.36. The third-order valence-electron chi connectivity index (χ3n) is 2.08. The first-order chi connectivity index (χ1) is 6.97. The highest BCUT2D eigenvalue weighted by Gasteiger charge is 2.30. The number of alkyl halides is 3. The van der Waals surface area contributed by atoms with Crippen LogP contribution in [0.3, 0.4) is 0 Å². The standard InChI is InChI=1S/C10H6F3NO/c11-10(12,13)7-2-1-6-3-8(15)5-14-9(6)4-7/h1-4H,5H2. The fraction of sp³-hybridized carbons (Fsp3) is 0.200. The number of Topliss-reactive ketones (excluding diaryl/α,β-unsaturated/α-hetero) is 1. The fourth-order valence-corrected chi connectivity index (χ4v) is 1.36. The summed E-state index contributed by atoms with van der Waals surface area (Å²) in [6.45, 7) is -0.0751. The summed E-state index contributed by atoms with van der Waals surface area (Å²) in [6.07, 6.45) is -3.06. The molecule has 1 aromatic carbocycles. The molecule has 1 aromatic rings. The summed E-state index contributed by atoms with van der Waals surface area (Å²) in [4.78, 5) is 14.7. The van der Waals surface area contributed by atoms with Crippen LogP contribution in [-0.2, 0) is 11.0 Å². The molecule has 0 spiro atoms. The van der Waals surface area contributed by atoms with E-state index in [-0.39, 0.29) is 17.7 Å². The van der Waals surface area contributed by atoms with Crippen LogP contribution in [0, 0.1) is 0 Å². The Hall–Kier alpha value is -1.65. The lowest BCUT2D eigenvalue weighted by Crippen LogP contribution is -2.32. The minimum absolute atomic E-state index is 0.0751. The average Bonchev–Trinajstić information content (AvgIpc) is 2.15. The van der Waals surface area contributed by atoms with Gasteiger partial charge in [0.05, 0.1) is 10.9 Å². The number of nitrogens with zero attached hydrogens (tertiary/aromatic N) is 1. The molecule has 1 heterocycles. The minimum atomic E-state index is -4.37. The van der Waals surface area contributed by atoms with Crippen LogP contribution in [0.1, 0.15) is 5.56 Å². The molecular formula is C10H6F3NO. The summed E-state index contributed by atoms with van der Waals surface area (Å²) in [5.41, 5.74) is -0.743. The number of halogens is 3. The van der Waals surface area contributed by atoms with Gasteiger partial charge in [-0.2, -0.15) is 13.2 Å². The van der Waals surface area contributed by atoms with E-state index in [2.05, 4.69) is 4.99 Å². The molecule has 1 aliphatic rings. The Morgan fingerprint density at radius 2 is 2.00 bits per heavy atom. The molecule has 0 aliphatic carbocycles. The van der Waals surface area contributed by atoms with Gasteiger partial charge in [-0.25, -0.2) is 0 Å². The van der Waals surface area contributed by atoms with Crippen molar-refractivity contribution in [3.8, 4) is 0 Å². The van der Waals surface area contributed by atoms with E-state index in [9.17, 15) is 18.0 Å². The van der Waals surface area contributed by atoms with Crippen LogP contribution in [0.4, 0.5) is 13.2 Å². The largest absolute Gasteiger partial charge is 0.416 e. The average molecular weight is 213 g/mol. The summed E-state index contributed by atoms with van der Waals surface area (Å²) >= 11 is 0. The SMILES string of the molecule is O=C1C=c2ccc(C(F)(F)F)cc2=NC1. The molecule has 0 saturated carbocycles. The molecule has 0 N–H and O–H groups in total. The number of carbonyl (C=O) groups excluding carboxylic acids is 1. The zero-order valence-corrected chi connectivity index (χ0v) is 7.51. The monoisotopic (exact) mass is 213 g/mol. The van der Waals surface area contributed by atoms with Crippen molar-refractivity contribution in [2.75, 3.05) is 6.54 Å². The summed E-state index contributed by atoms with van der Waals surface area (Å²) in [5, 5.41) is 0.670. The van der Waals surface area contributed by atoms with E-state index in [0.29, 0.717) is 5.22 Å². The molecule has 15 heavy (non-hydrogen) atoms. The Morgan fingerprint density at radius 1 is 1.27 bits per heavy atom. The predicted octanol–water partition coefficient (Wildman–Crippen LogP) is 0.688. The van der Waals surface area contributed by atoms with E-state index in [1.54, 1.807) is 0 Å². The summed E-state index contributed by atoms with van der Waals surface area (Å²) in [5.74, 6) is -0.192. The Labute approximate surface area is 82.7 Å². The number of benzene rings is 1. The van der Waals surface area contributed by atoms with E-state index in [0.717, 1.165) is 12.1 Å². The molecule has 0 aromatic heterocycles. The normalized spacial score (nSPS) is 15.3.